The number of fused-ring (bicyclic) bond motifs is 2. The quantitative estimate of drug-likeness (QED) is 0.589. The van der Waals surface area contributed by atoms with Crippen LogP contribution in [0.4, 0.5) is 0 Å². The fourth-order valence-electron chi connectivity index (χ4n) is 2.59. The number of hydrogen-bond acceptors (Lipinski definition) is 1. The van der Waals surface area contributed by atoms with Crippen LogP contribution in [-0.2, 0) is 12.8 Å². The molecule has 0 saturated carbocycles. The lowest BCUT2D eigenvalue weighted by molar-refractivity contribution is 0.103. The highest BCUT2D eigenvalue weighted by atomic mass is 16.1. The summed E-state index contributed by atoms with van der Waals surface area (Å²) in [6.45, 7) is 0. The van der Waals surface area contributed by atoms with E-state index in [0.717, 1.165) is 34.2 Å². The Kier molecular flexibility index (Phi) is 2.50. The molecule has 0 bridgehead atoms. The third-order valence-electron chi connectivity index (χ3n) is 3.40. The number of ketones is 1. The average Bonchev–Trinajstić information content (AvgIpc) is 2.39. The lowest BCUT2D eigenvalue weighted by Crippen LogP contribution is -2.17. The van der Waals surface area contributed by atoms with Gasteiger partial charge in [0.1, 0.15) is 0 Å². The van der Waals surface area contributed by atoms with E-state index in [1.54, 1.807) is 0 Å². The van der Waals surface area contributed by atoms with Crippen LogP contribution < -0.4 is 0 Å². The summed E-state index contributed by atoms with van der Waals surface area (Å²) in [7, 11) is 0. The zero-order valence-corrected chi connectivity index (χ0v) is 9.94. The summed E-state index contributed by atoms with van der Waals surface area (Å²) in [5.74, 6) is 2.74. The van der Waals surface area contributed by atoms with E-state index >= 15 is 0 Å². The number of carbonyl (C=O) groups is 1. The molecule has 0 spiro atoms. The SMILES string of the molecule is C#CCc1cccc2c1C(=O)c1ccccc1C2. The second-order valence-electron chi connectivity index (χ2n) is 4.50. The largest absolute Gasteiger partial charge is 0.289 e. The molecule has 0 heterocycles. The van der Waals surface area contributed by atoms with E-state index in [-0.39, 0.29) is 5.78 Å². The fraction of sp³-hybridized carbons (Fsp3) is 0.118. The summed E-state index contributed by atoms with van der Waals surface area (Å²) in [4.78, 5) is 12.5. The smallest absolute Gasteiger partial charge is 0.193 e. The highest BCUT2D eigenvalue weighted by Gasteiger charge is 2.24. The van der Waals surface area contributed by atoms with Gasteiger partial charge in [-0.05, 0) is 23.1 Å². The molecule has 0 amide bonds. The van der Waals surface area contributed by atoms with Crippen molar-refractivity contribution in [3.8, 4) is 12.3 Å². The standard InChI is InChI=1S/C17H12O/c1-2-6-12-8-5-9-14-11-13-7-3-4-10-15(13)17(18)16(12)14/h1,3-5,7-10H,6,11H2. The molecule has 0 aromatic heterocycles. The van der Waals surface area contributed by atoms with Crippen LogP contribution in [0.1, 0.15) is 32.6 Å². The summed E-state index contributed by atoms with van der Waals surface area (Å²) in [5, 5.41) is 0. The van der Waals surface area contributed by atoms with Crippen molar-refractivity contribution in [1.82, 2.24) is 0 Å². The van der Waals surface area contributed by atoms with E-state index in [0.29, 0.717) is 6.42 Å². The predicted molar refractivity (Wildman–Crippen MR) is 71.7 cm³/mol. The maximum atomic E-state index is 12.5. The summed E-state index contributed by atoms with van der Waals surface area (Å²) >= 11 is 0. The Morgan fingerprint density at radius 3 is 2.67 bits per heavy atom. The summed E-state index contributed by atoms with van der Waals surface area (Å²) < 4.78 is 0. The zero-order chi connectivity index (χ0) is 12.5. The van der Waals surface area contributed by atoms with Gasteiger partial charge in [0.05, 0.1) is 0 Å². The van der Waals surface area contributed by atoms with Gasteiger partial charge in [-0.2, -0.15) is 0 Å². The van der Waals surface area contributed by atoms with Gasteiger partial charge in [0.15, 0.2) is 5.78 Å². The molecule has 0 fully saturated rings. The van der Waals surface area contributed by atoms with E-state index in [9.17, 15) is 4.79 Å². The first kappa shape index (κ1) is 10.8. The van der Waals surface area contributed by atoms with Crippen LogP contribution in [0.15, 0.2) is 42.5 Å². The Labute approximate surface area is 106 Å². The Morgan fingerprint density at radius 2 is 1.83 bits per heavy atom. The van der Waals surface area contributed by atoms with E-state index in [1.807, 2.05) is 42.5 Å². The topological polar surface area (TPSA) is 17.1 Å². The van der Waals surface area contributed by atoms with Gasteiger partial charge in [-0.25, -0.2) is 0 Å². The lowest BCUT2D eigenvalue weighted by atomic mass is 9.82. The summed E-state index contributed by atoms with van der Waals surface area (Å²) in [6, 6.07) is 13.7. The van der Waals surface area contributed by atoms with Gasteiger partial charge >= 0.3 is 0 Å². The molecule has 0 saturated heterocycles. The van der Waals surface area contributed by atoms with Crippen molar-refractivity contribution in [3.63, 3.8) is 0 Å². The van der Waals surface area contributed by atoms with Gasteiger partial charge in [0.25, 0.3) is 0 Å². The second kappa shape index (κ2) is 4.16. The van der Waals surface area contributed by atoms with Crippen LogP contribution in [0.3, 0.4) is 0 Å². The third-order valence-corrected chi connectivity index (χ3v) is 3.40. The predicted octanol–water partition coefficient (Wildman–Crippen LogP) is 3.00. The summed E-state index contributed by atoms with van der Waals surface area (Å²) in [6.07, 6.45) is 6.70. The monoisotopic (exact) mass is 232 g/mol. The van der Waals surface area contributed by atoms with Crippen LogP contribution in [0.5, 0.6) is 0 Å². The Bertz CT molecular complexity index is 674. The number of terminal acetylenes is 1. The van der Waals surface area contributed by atoms with Crippen molar-refractivity contribution in [3.05, 3.63) is 70.3 Å². The Hall–Kier alpha value is -2.33. The molecule has 0 radical (unpaired) electrons. The molecule has 2 aromatic carbocycles. The number of hydrogen-bond donors (Lipinski definition) is 0. The molecule has 2 aromatic rings. The summed E-state index contributed by atoms with van der Waals surface area (Å²) in [5.41, 5.74) is 4.79. The molecule has 86 valence electrons. The van der Waals surface area contributed by atoms with Gasteiger partial charge in [-0.1, -0.05) is 42.5 Å². The second-order valence-corrected chi connectivity index (χ2v) is 4.50. The molecule has 3 rings (SSSR count). The molecule has 0 atom stereocenters. The average molecular weight is 232 g/mol. The molecule has 0 unspecified atom stereocenters. The minimum Gasteiger partial charge on any atom is -0.289 e. The number of benzene rings is 2. The van der Waals surface area contributed by atoms with Crippen LogP contribution in [0, 0.1) is 12.3 Å². The molecule has 0 aliphatic heterocycles. The third kappa shape index (κ3) is 1.55. The van der Waals surface area contributed by atoms with E-state index in [1.165, 1.54) is 0 Å². The minimum atomic E-state index is 0.109. The maximum absolute atomic E-state index is 12.5. The van der Waals surface area contributed by atoms with Crippen molar-refractivity contribution in [2.24, 2.45) is 0 Å². The van der Waals surface area contributed by atoms with Crippen LogP contribution in [-0.4, -0.2) is 5.78 Å². The van der Waals surface area contributed by atoms with Gasteiger partial charge in [-0.3, -0.25) is 4.79 Å². The minimum absolute atomic E-state index is 0.109. The molecule has 1 heteroatoms. The zero-order valence-electron chi connectivity index (χ0n) is 9.94. The number of rotatable bonds is 1. The molecule has 1 aliphatic rings. The van der Waals surface area contributed by atoms with Crippen molar-refractivity contribution >= 4 is 5.78 Å². The Balaban J connectivity index is 2.21. The molecular weight excluding hydrogens is 220 g/mol. The first-order chi connectivity index (χ1) is 8.81. The van der Waals surface area contributed by atoms with Crippen LogP contribution in [0.25, 0.3) is 0 Å². The molecule has 0 N–H and O–H groups in total. The first-order valence-electron chi connectivity index (χ1n) is 5.98. The molecule has 1 aliphatic carbocycles. The lowest BCUT2D eigenvalue weighted by Gasteiger charge is -2.20. The molecular formula is C17H12O. The van der Waals surface area contributed by atoms with Crippen LogP contribution in [0.2, 0.25) is 0 Å². The van der Waals surface area contributed by atoms with Crippen molar-refractivity contribution in [1.29, 1.82) is 0 Å². The normalized spacial score (nSPS) is 12.5. The van der Waals surface area contributed by atoms with Gasteiger partial charge in [0.2, 0.25) is 0 Å². The van der Waals surface area contributed by atoms with Crippen molar-refractivity contribution in [2.75, 3.05) is 0 Å². The number of carbonyl (C=O) groups excluding carboxylic acids is 1. The molecule has 18 heavy (non-hydrogen) atoms. The highest BCUT2D eigenvalue weighted by molar-refractivity contribution is 6.13. The van der Waals surface area contributed by atoms with Crippen molar-refractivity contribution in [2.45, 2.75) is 12.8 Å². The molecule has 1 nitrogen and oxygen atoms in total. The first-order valence-corrected chi connectivity index (χ1v) is 5.98. The van der Waals surface area contributed by atoms with Crippen molar-refractivity contribution < 1.29 is 4.79 Å². The van der Waals surface area contributed by atoms with E-state index in [4.69, 9.17) is 6.42 Å². The van der Waals surface area contributed by atoms with Crippen LogP contribution >= 0.6 is 0 Å². The highest BCUT2D eigenvalue weighted by Crippen LogP contribution is 2.29. The fourth-order valence-corrected chi connectivity index (χ4v) is 2.59. The van der Waals surface area contributed by atoms with E-state index < -0.39 is 0 Å². The maximum Gasteiger partial charge on any atom is 0.193 e. The van der Waals surface area contributed by atoms with Gasteiger partial charge < -0.3 is 0 Å². The van der Waals surface area contributed by atoms with E-state index in [2.05, 4.69) is 5.92 Å². The van der Waals surface area contributed by atoms with Gasteiger partial charge in [-0.15, -0.1) is 12.3 Å². The Morgan fingerprint density at radius 1 is 1.06 bits per heavy atom. The van der Waals surface area contributed by atoms with Gasteiger partial charge in [0, 0.05) is 17.5 Å².